The van der Waals surface area contributed by atoms with Crippen LogP contribution in [0.15, 0.2) is 72.0 Å². The third kappa shape index (κ3) is 10.4. The molecule has 0 aliphatic heterocycles. The second-order valence-electron chi connectivity index (χ2n) is 9.28. The number of aromatic amines is 1. The molecule has 0 spiro atoms. The maximum Gasteiger partial charge on any atom is 0.332 e. The molecule has 1 atom stereocenters. The number of nitrogens with one attached hydrogen (secondary N) is 3. The molecule has 0 unspecified atom stereocenters. The first kappa shape index (κ1) is 29.1. The first-order chi connectivity index (χ1) is 18.9. The molecule has 0 aliphatic rings. The van der Waals surface area contributed by atoms with Crippen molar-refractivity contribution >= 4 is 24.1 Å². The van der Waals surface area contributed by atoms with Crippen molar-refractivity contribution in [1.82, 2.24) is 25.6 Å². The Bertz CT molecular complexity index is 1210. The number of urea groups is 1. The Morgan fingerprint density at radius 2 is 1.69 bits per heavy atom. The zero-order valence-corrected chi connectivity index (χ0v) is 22.3. The zero-order valence-electron chi connectivity index (χ0n) is 22.3. The standard InChI is InChI=1S/C29H37N7O3/c1-2-10-24(20-32-35-29(30)39)33-26(37)21-36(18-17-23-13-7-4-8-14-23)28(38)27-31-19-25(34-27)16-9-15-22-11-5-3-6-12-22/h3-8,11-14,19-20,24H,2,9-10,15-18,21H2,1H3,(H,31,34)(H,33,37)(H3,30,35,39)/b32-20+/t24-/m0/s1. The van der Waals surface area contributed by atoms with Gasteiger partial charge in [0.2, 0.25) is 5.91 Å². The highest BCUT2D eigenvalue weighted by molar-refractivity contribution is 5.94. The molecule has 0 aliphatic carbocycles. The molecule has 5 N–H and O–H groups in total. The summed E-state index contributed by atoms with van der Waals surface area (Å²) >= 11 is 0. The molecular weight excluding hydrogens is 494 g/mol. The molecule has 0 bridgehead atoms. The van der Waals surface area contributed by atoms with Gasteiger partial charge < -0.3 is 20.9 Å². The molecule has 10 nitrogen and oxygen atoms in total. The molecule has 10 heteroatoms. The van der Waals surface area contributed by atoms with Crippen molar-refractivity contribution in [3.05, 3.63) is 89.5 Å². The number of primary amides is 1. The lowest BCUT2D eigenvalue weighted by Gasteiger charge is -2.23. The van der Waals surface area contributed by atoms with Gasteiger partial charge in [-0.05, 0) is 43.2 Å². The number of hydrazone groups is 1. The normalized spacial score (nSPS) is 11.7. The lowest BCUT2D eigenvalue weighted by Crippen LogP contribution is -2.45. The Balaban J connectivity index is 1.64. The van der Waals surface area contributed by atoms with Crippen LogP contribution in [-0.2, 0) is 24.1 Å². The van der Waals surface area contributed by atoms with E-state index in [-0.39, 0.29) is 24.2 Å². The highest BCUT2D eigenvalue weighted by Crippen LogP contribution is 2.10. The number of benzene rings is 2. The number of hydrogen-bond acceptors (Lipinski definition) is 5. The summed E-state index contributed by atoms with van der Waals surface area (Å²) < 4.78 is 0. The Kier molecular flexibility index (Phi) is 11.7. The topological polar surface area (TPSA) is 146 Å². The van der Waals surface area contributed by atoms with Gasteiger partial charge in [-0.25, -0.2) is 15.2 Å². The first-order valence-corrected chi connectivity index (χ1v) is 13.2. The summed E-state index contributed by atoms with van der Waals surface area (Å²) in [6, 6.07) is 18.8. The van der Waals surface area contributed by atoms with Crippen molar-refractivity contribution in [2.45, 2.75) is 51.5 Å². The Morgan fingerprint density at radius 1 is 1.03 bits per heavy atom. The van der Waals surface area contributed by atoms with Crippen molar-refractivity contribution in [3.8, 4) is 0 Å². The van der Waals surface area contributed by atoms with Crippen LogP contribution in [0.2, 0.25) is 0 Å². The molecule has 0 fully saturated rings. The van der Waals surface area contributed by atoms with Gasteiger partial charge >= 0.3 is 6.03 Å². The fraction of sp³-hybridized carbons (Fsp3) is 0.345. The third-order valence-corrected chi connectivity index (χ3v) is 6.10. The van der Waals surface area contributed by atoms with Crippen LogP contribution in [0.5, 0.6) is 0 Å². The molecule has 0 saturated carbocycles. The lowest BCUT2D eigenvalue weighted by molar-refractivity contribution is -0.122. The molecule has 1 aromatic heterocycles. The van der Waals surface area contributed by atoms with E-state index in [2.05, 4.69) is 37.9 Å². The average molecular weight is 532 g/mol. The summed E-state index contributed by atoms with van der Waals surface area (Å²) in [7, 11) is 0. The summed E-state index contributed by atoms with van der Waals surface area (Å²) in [5, 5.41) is 6.64. The second kappa shape index (κ2) is 15.7. The molecule has 2 aromatic carbocycles. The molecule has 0 radical (unpaired) electrons. The van der Waals surface area contributed by atoms with E-state index in [1.165, 1.54) is 16.7 Å². The van der Waals surface area contributed by atoms with Crippen LogP contribution in [0, 0.1) is 0 Å². The van der Waals surface area contributed by atoms with Crippen LogP contribution < -0.4 is 16.5 Å². The number of carbonyl (C=O) groups excluding carboxylic acids is 3. The predicted molar refractivity (Wildman–Crippen MR) is 151 cm³/mol. The molecule has 206 valence electrons. The van der Waals surface area contributed by atoms with Crippen molar-refractivity contribution in [1.29, 1.82) is 0 Å². The summed E-state index contributed by atoms with van der Waals surface area (Å²) in [6.07, 6.45) is 7.71. The number of imidazole rings is 1. The van der Waals surface area contributed by atoms with Gasteiger partial charge in [0.05, 0.1) is 12.6 Å². The smallest absolute Gasteiger partial charge is 0.332 e. The van der Waals surface area contributed by atoms with Crippen molar-refractivity contribution in [3.63, 3.8) is 0 Å². The van der Waals surface area contributed by atoms with Gasteiger partial charge in [0.25, 0.3) is 5.91 Å². The molecule has 39 heavy (non-hydrogen) atoms. The van der Waals surface area contributed by atoms with Crippen LogP contribution in [0.3, 0.4) is 0 Å². The van der Waals surface area contributed by atoms with E-state index in [9.17, 15) is 14.4 Å². The fourth-order valence-corrected chi connectivity index (χ4v) is 4.14. The van der Waals surface area contributed by atoms with E-state index in [0.717, 1.165) is 36.9 Å². The largest absolute Gasteiger partial charge is 0.350 e. The van der Waals surface area contributed by atoms with E-state index in [0.29, 0.717) is 19.4 Å². The third-order valence-electron chi connectivity index (χ3n) is 6.10. The van der Waals surface area contributed by atoms with Crippen LogP contribution in [0.25, 0.3) is 0 Å². The number of nitrogens with two attached hydrogens (primary N) is 1. The van der Waals surface area contributed by atoms with Crippen LogP contribution in [0.1, 0.15) is 53.6 Å². The highest BCUT2D eigenvalue weighted by atomic mass is 16.2. The minimum absolute atomic E-state index is 0.146. The SMILES string of the molecule is CCC[C@@H](/C=N/NC(N)=O)NC(=O)CN(CCc1ccccc1)C(=O)c1ncc(CCCc2ccccc2)[nH]1. The van der Waals surface area contributed by atoms with E-state index >= 15 is 0 Å². The number of hydrogen-bond donors (Lipinski definition) is 4. The molecule has 4 amide bonds. The van der Waals surface area contributed by atoms with E-state index in [4.69, 9.17) is 5.73 Å². The van der Waals surface area contributed by atoms with Gasteiger partial charge in [0, 0.05) is 24.7 Å². The number of H-pyrrole nitrogens is 1. The molecular formula is C29H37N7O3. The first-order valence-electron chi connectivity index (χ1n) is 13.2. The number of aryl methyl sites for hydroxylation is 2. The van der Waals surface area contributed by atoms with Gasteiger partial charge in [-0.3, -0.25) is 9.59 Å². The Morgan fingerprint density at radius 3 is 2.33 bits per heavy atom. The van der Waals surface area contributed by atoms with E-state index in [1.807, 2.05) is 55.5 Å². The number of carbonyl (C=O) groups is 3. The minimum Gasteiger partial charge on any atom is -0.350 e. The van der Waals surface area contributed by atoms with Crippen LogP contribution in [-0.4, -0.2) is 58.1 Å². The molecule has 3 aromatic rings. The van der Waals surface area contributed by atoms with E-state index in [1.54, 1.807) is 6.20 Å². The highest BCUT2D eigenvalue weighted by Gasteiger charge is 2.22. The zero-order chi connectivity index (χ0) is 27.9. The predicted octanol–water partition coefficient (Wildman–Crippen LogP) is 3.21. The van der Waals surface area contributed by atoms with Crippen molar-refractivity contribution < 1.29 is 14.4 Å². The summed E-state index contributed by atoms with van der Waals surface area (Å²) in [5.41, 5.74) is 10.4. The quantitative estimate of drug-likeness (QED) is 0.176. The van der Waals surface area contributed by atoms with Gasteiger partial charge in [-0.2, -0.15) is 5.10 Å². The lowest BCUT2D eigenvalue weighted by atomic mass is 10.1. The van der Waals surface area contributed by atoms with Crippen LogP contribution >= 0.6 is 0 Å². The summed E-state index contributed by atoms with van der Waals surface area (Å²) in [5.74, 6) is -0.468. The number of nitrogens with zero attached hydrogens (tertiary/aromatic N) is 3. The Hall–Kier alpha value is -4.47. The summed E-state index contributed by atoms with van der Waals surface area (Å²) in [6.45, 7) is 2.17. The van der Waals surface area contributed by atoms with Crippen LogP contribution in [0.4, 0.5) is 4.79 Å². The Labute approximate surface area is 229 Å². The van der Waals surface area contributed by atoms with Gasteiger partial charge in [-0.15, -0.1) is 0 Å². The van der Waals surface area contributed by atoms with Crippen molar-refractivity contribution in [2.75, 3.05) is 13.1 Å². The van der Waals surface area contributed by atoms with Gasteiger partial charge in [0.1, 0.15) is 0 Å². The average Bonchev–Trinajstić information content (AvgIpc) is 3.40. The minimum atomic E-state index is -0.789. The number of rotatable bonds is 15. The van der Waals surface area contributed by atoms with Gasteiger partial charge in [-0.1, -0.05) is 74.0 Å². The molecule has 1 heterocycles. The number of aromatic nitrogens is 2. The maximum atomic E-state index is 13.4. The van der Waals surface area contributed by atoms with Crippen molar-refractivity contribution in [2.24, 2.45) is 10.8 Å². The number of amides is 4. The van der Waals surface area contributed by atoms with E-state index < -0.39 is 12.1 Å². The second-order valence-corrected chi connectivity index (χ2v) is 9.28. The fourth-order valence-electron chi connectivity index (χ4n) is 4.14. The van der Waals surface area contributed by atoms with Gasteiger partial charge in [0.15, 0.2) is 5.82 Å². The molecule has 0 saturated heterocycles. The maximum absolute atomic E-state index is 13.4. The monoisotopic (exact) mass is 531 g/mol. The molecule has 3 rings (SSSR count). The summed E-state index contributed by atoms with van der Waals surface area (Å²) in [4.78, 5) is 46.2.